The molecule has 0 saturated heterocycles. The van der Waals surface area contributed by atoms with Crippen molar-refractivity contribution in [3.8, 4) is 0 Å². The largest absolute Gasteiger partial charge is 0.433 e. The monoisotopic (exact) mass is 305 g/mol. The van der Waals surface area contributed by atoms with Crippen LogP contribution in [-0.4, -0.2) is 14.9 Å². The molecule has 3 heterocycles. The molecule has 0 unspecified atom stereocenters. The van der Waals surface area contributed by atoms with E-state index in [4.69, 9.17) is 4.42 Å². The molecule has 0 N–H and O–H groups in total. The van der Waals surface area contributed by atoms with Gasteiger partial charge in [-0.2, -0.15) is 0 Å². The summed E-state index contributed by atoms with van der Waals surface area (Å²) in [6.45, 7) is 0. The first-order valence-electron chi connectivity index (χ1n) is 5.49. The molecule has 0 radical (unpaired) electrons. The van der Waals surface area contributed by atoms with Gasteiger partial charge < -0.3 is 4.42 Å². The van der Waals surface area contributed by atoms with Crippen molar-refractivity contribution in [3.05, 3.63) is 51.2 Å². The van der Waals surface area contributed by atoms with Gasteiger partial charge in [-0.1, -0.05) is 11.8 Å². The van der Waals surface area contributed by atoms with Crippen LogP contribution < -0.4 is 0 Å². The number of rotatable bonds is 4. The van der Waals surface area contributed by atoms with Crippen molar-refractivity contribution in [2.24, 2.45) is 0 Å². The van der Waals surface area contributed by atoms with E-state index in [0.29, 0.717) is 5.76 Å². The van der Waals surface area contributed by atoms with Crippen LogP contribution in [0.1, 0.15) is 5.76 Å². The molecule has 0 fully saturated rings. The number of thioether (sulfide) groups is 1. The van der Waals surface area contributed by atoms with Gasteiger partial charge in [-0.3, -0.25) is 10.1 Å². The highest BCUT2D eigenvalue weighted by Crippen LogP contribution is 2.29. The van der Waals surface area contributed by atoms with Crippen LogP contribution in [0, 0.1) is 10.1 Å². The first-order valence-corrected chi connectivity index (χ1v) is 7.25. The predicted molar refractivity (Wildman–Crippen MR) is 77.7 cm³/mol. The van der Waals surface area contributed by atoms with Crippen molar-refractivity contribution in [2.45, 2.75) is 5.03 Å². The number of nitrogens with zero attached hydrogens (tertiary/aromatic N) is 3. The molecular weight excluding hydrogens is 298 g/mol. The van der Waals surface area contributed by atoms with Crippen molar-refractivity contribution < 1.29 is 9.34 Å². The minimum Gasteiger partial charge on any atom is -0.401 e. The Hall–Kier alpha value is -2.19. The molecule has 0 aliphatic heterocycles. The summed E-state index contributed by atoms with van der Waals surface area (Å²) in [5.74, 6) is 0.165. The lowest BCUT2D eigenvalue weighted by Gasteiger charge is -1.95. The number of fused-ring (bicyclic) bond motifs is 1. The van der Waals surface area contributed by atoms with E-state index in [-0.39, 0.29) is 5.88 Å². The molecule has 0 spiro atoms. The molecule has 0 bridgehead atoms. The molecule has 0 aliphatic rings. The SMILES string of the molecule is O=[N+]([O-])c1ccc(C=CSc2ncnc3ccsc23)o1. The zero-order valence-electron chi connectivity index (χ0n) is 9.92. The standard InChI is InChI=1S/C12H7N3O3S2/c16-15(17)10-2-1-8(18-10)3-5-20-12-11-9(4-6-19-11)13-7-14-12/h1-7H. The molecule has 6 nitrogen and oxygen atoms in total. The third-order valence-corrected chi connectivity index (χ3v) is 4.26. The summed E-state index contributed by atoms with van der Waals surface area (Å²) in [6.07, 6.45) is 3.18. The Kier molecular flexibility index (Phi) is 3.48. The lowest BCUT2D eigenvalue weighted by atomic mass is 10.4. The van der Waals surface area contributed by atoms with E-state index in [2.05, 4.69) is 9.97 Å². The molecular formula is C12H7N3O3S2. The fourth-order valence-corrected chi connectivity index (χ4v) is 3.21. The van der Waals surface area contributed by atoms with Gasteiger partial charge in [0.25, 0.3) is 0 Å². The van der Waals surface area contributed by atoms with Gasteiger partial charge in [-0.05, 0) is 29.0 Å². The van der Waals surface area contributed by atoms with E-state index in [1.807, 2.05) is 11.4 Å². The lowest BCUT2D eigenvalue weighted by molar-refractivity contribution is -0.402. The lowest BCUT2D eigenvalue weighted by Crippen LogP contribution is -1.82. The summed E-state index contributed by atoms with van der Waals surface area (Å²) in [6, 6.07) is 4.81. The van der Waals surface area contributed by atoms with Crippen LogP contribution in [-0.2, 0) is 0 Å². The molecule has 3 aromatic heterocycles. The van der Waals surface area contributed by atoms with E-state index in [1.165, 1.54) is 24.2 Å². The van der Waals surface area contributed by atoms with E-state index in [0.717, 1.165) is 15.2 Å². The molecule has 3 rings (SSSR count). The zero-order valence-corrected chi connectivity index (χ0v) is 11.6. The van der Waals surface area contributed by atoms with Crippen molar-refractivity contribution in [2.75, 3.05) is 0 Å². The summed E-state index contributed by atoms with van der Waals surface area (Å²) in [5.41, 5.74) is 0.912. The molecule has 20 heavy (non-hydrogen) atoms. The third-order valence-electron chi connectivity index (χ3n) is 2.42. The molecule has 0 aromatic carbocycles. The second-order valence-electron chi connectivity index (χ2n) is 3.67. The zero-order chi connectivity index (χ0) is 13.9. The van der Waals surface area contributed by atoms with Crippen LogP contribution in [0.25, 0.3) is 16.3 Å². The van der Waals surface area contributed by atoms with Crippen molar-refractivity contribution >= 4 is 45.3 Å². The minimum absolute atomic E-state index is 0.266. The van der Waals surface area contributed by atoms with Crippen LogP contribution in [0.4, 0.5) is 5.88 Å². The summed E-state index contributed by atoms with van der Waals surface area (Å²) in [4.78, 5) is 18.3. The van der Waals surface area contributed by atoms with Crippen LogP contribution in [0.15, 0.2) is 44.8 Å². The third kappa shape index (κ3) is 2.56. The van der Waals surface area contributed by atoms with Crippen molar-refractivity contribution in [1.82, 2.24) is 9.97 Å². The van der Waals surface area contributed by atoms with Crippen molar-refractivity contribution in [3.63, 3.8) is 0 Å². The second kappa shape index (κ2) is 5.43. The number of hydrogen-bond acceptors (Lipinski definition) is 7. The predicted octanol–water partition coefficient (Wildman–Crippen LogP) is 3.96. The van der Waals surface area contributed by atoms with E-state index in [9.17, 15) is 10.1 Å². The van der Waals surface area contributed by atoms with Gasteiger partial charge in [-0.25, -0.2) is 9.97 Å². The highest BCUT2D eigenvalue weighted by molar-refractivity contribution is 8.02. The summed E-state index contributed by atoms with van der Waals surface area (Å²) in [7, 11) is 0. The summed E-state index contributed by atoms with van der Waals surface area (Å²) >= 11 is 2.99. The number of nitro groups is 1. The number of furan rings is 1. The Labute approximate surface area is 121 Å². The quantitative estimate of drug-likeness (QED) is 0.314. The summed E-state index contributed by atoms with van der Waals surface area (Å²) in [5, 5.41) is 15.1. The fourth-order valence-electron chi connectivity index (χ4n) is 1.55. The molecule has 100 valence electrons. The van der Waals surface area contributed by atoms with Crippen LogP contribution in [0.3, 0.4) is 0 Å². The van der Waals surface area contributed by atoms with Gasteiger partial charge >= 0.3 is 5.88 Å². The van der Waals surface area contributed by atoms with Crippen LogP contribution in [0.5, 0.6) is 0 Å². The van der Waals surface area contributed by atoms with Gasteiger partial charge in [0.2, 0.25) is 0 Å². The fraction of sp³-hybridized carbons (Fsp3) is 0. The van der Waals surface area contributed by atoms with Gasteiger partial charge in [0, 0.05) is 0 Å². The van der Waals surface area contributed by atoms with Gasteiger partial charge in [0.1, 0.15) is 22.0 Å². The first-order chi connectivity index (χ1) is 9.74. The second-order valence-corrected chi connectivity index (χ2v) is 5.48. The molecule has 0 amide bonds. The molecule has 0 aliphatic carbocycles. The maximum absolute atomic E-state index is 10.5. The molecule has 8 heteroatoms. The van der Waals surface area contributed by atoms with E-state index < -0.39 is 4.92 Å². The van der Waals surface area contributed by atoms with Crippen molar-refractivity contribution in [1.29, 1.82) is 0 Å². The Morgan fingerprint density at radius 2 is 2.25 bits per heavy atom. The Morgan fingerprint density at radius 3 is 3.05 bits per heavy atom. The maximum atomic E-state index is 10.5. The Morgan fingerprint density at radius 1 is 1.35 bits per heavy atom. The van der Waals surface area contributed by atoms with E-state index in [1.54, 1.807) is 28.9 Å². The Balaban J connectivity index is 1.76. The Bertz CT molecular complexity index is 794. The first kappa shape index (κ1) is 12.8. The highest BCUT2D eigenvalue weighted by Gasteiger charge is 2.10. The van der Waals surface area contributed by atoms with Gasteiger partial charge in [0.05, 0.1) is 16.3 Å². The number of hydrogen-bond donors (Lipinski definition) is 0. The maximum Gasteiger partial charge on any atom is 0.433 e. The van der Waals surface area contributed by atoms with Gasteiger partial charge in [0.15, 0.2) is 0 Å². The topological polar surface area (TPSA) is 82.1 Å². The average Bonchev–Trinajstić information content (AvgIpc) is 3.07. The number of thiophene rings is 1. The average molecular weight is 305 g/mol. The molecule has 0 saturated carbocycles. The van der Waals surface area contributed by atoms with Crippen LogP contribution in [0.2, 0.25) is 0 Å². The number of aromatic nitrogens is 2. The minimum atomic E-state index is -0.565. The normalized spacial score (nSPS) is 11.4. The van der Waals surface area contributed by atoms with Crippen LogP contribution >= 0.6 is 23.1 Å². The molecule has 0 atom stereocenters. The van der Waals surface area contributed by atoms with E-state index >= 15 is 0 Å². The van der Waals surface area contributed by atoms with Gasteiger partial charge in [-0.15, -0.1) is 11.3 Å². The molecule has 3 aromatic rings. The summed E-state index contributed by atoms with van der Waals surface area (Å²) < 4.78 is 6.05. The smallest absolute Gasteiger partial charge is 0.401 e. The highest BCUT2D eigenvalue weighted by atomic mass is 32.2.